The van der Waals surface area contributed by atoms with Gasteiger partial charge in [0.2, 0.25) is 0 Å². The third-order valence-corrected chi connectivity index (χ3v) is 21.3. The molecule has 0 radical (unpaired) electrons. The maximum absolute atomic E-state index is 10.7. The molecule has 0 fully saturated rings. The van der Waals surface area contributed by atoms with E-state index in [1.165, 1.54) is 37.6 Å². The van der Waals surface area contributed by atoms with E-state index in [2.05, 4.69) is 120 Å². The summed E-state index contributed by atoms with van der Waals surface area (Å²) in [6.45, 7) is 16.4. The molecule has 5 unspecified atom stereocenters. The quantitative estimate of drug-likeness (QED) is 0.0391. The van der Waals surface area contributed by atoms with Gasteiger partial charge in [0.25, 0.3) is 0 Å². The van der Waals surface area contributed by atoms with Crippen molar-refractivity contribution in [1.29, 1.82) is 0 Å². The number of benzene rings is 10. The fraction of sp³-hybridized carbons (Fsp3) is 0.177. The van der Waals surface area contributed by atoms with Crippen LogP contribution >= 0.6 is 136 Å². The first-order valence-electron chi connectivity index (χ1n) is 32.5. The average molecular weight is 1940 g/mol. The molecule has 30 heteroatoms. The molecular formula is C79H88Cl10N5O5P5Ti5. The molecular weight excluding hydrogens is 1850 g/mol. The molecule has 10 aromatic carbocycles. The number of aryl methyl sites for hydroxylation is 5. The third-order valence-electron chi connectivity index (χ3n) is 14.3. The van der Waals surface area contributed by atoms with E-state index in [1.807, 2.05) is 185 Å². The Balaban J connectivity index is 0.000000651. The first-order valence-corrected chi connectivity index (χ1v) is 59.0. The van der Waals surface area contributed by atoms with Crippen LogP contribution in [0.15, 0.2) is 231 Å². The molecule has 0 heterocycles. The second kappa shape index (κ2) is 63.3. The van der Waals surface area contributed by atoms with Gasteiger partial charge in [0.1, 0.15) is 28.7 Å². The van der Waals surface area contributed by atoms with Crippen molar-refractivity contribution in [3.05, 3.63) is 267 Å². The summed E-state index contributed by atoms with van der Waals surface area (Å²) >= 11 is -2.78. The molecule has 0 aliphatic rings. The Hall–Kier alpha value is -1.83. The molecule has 10 aromatic rings. The summed E-state index contributed by atoms with van der Waals surface area (Å²) in [5, 5.41) is 61.5. The van der Waals surface area contributed by atoms with Crippen LogP contribution in [0.5, 0.6) is 28.7 Å². The van der Waals surface area contributed by atoms with E-state index in [0.717, 1.165) is 76.6 Å². The fourth-order valence-corrected chi connectivity index (χ4v) is 16.0. The van der Waals surface area contributed by atoms with Crippen LogP contribution in [-0.2, 0) is 90.6 Å². The zero-order valence-electron chi connectivity index (χ0n) is 62.3. The summed E-state index contributed by atoms with van der Waals surface area (Å²) in [7, 11) is 59.9. The van der Waals surface area contributed by atoms with Crippen molar-refractivity contribution in [1.82, 2.24) is 0 Å². The molecule has 0 aliphatic heterocycles. The minimum atomic E-state index is -0.556. The molecule has 10 nitrogen and oxygen atoms in total. The number of hydrogen-bond acceptors (Lipinski definition) is 10. The van der Waals surface area contributed by atoms with Crippen LogP contribution in [0.1, 0.15) is 82.0 Å². The average Bonchev–Trinajstić information content (AvgIpc) is 0.806. The van der Waals surface area contributed by atoms with Crippen LogP contribution in [0.25, 0.3) is 0 Å². The third kappa shape index (κ3) is 42.7. The van der Waals surface area contributed by atoms with Gasteiger partial charge in [-0.25, -0.2) is 0 Å². The van der Waals surface area contributed by atoms with Crippen LogP contribution in [-0.4, -0.2) is 91.8 Å². The van der Waals surface area contributed by atoms with Gasteiger partial charge in [-0.2, -0.15) is 0 Å². The summed E-state index contributed by atoms with van der Waals surface area (Å²) in [5.41, 5.74) is 11.9. The van der Waals surface area contributed by atoms with Gasteiger partial charge in [0.15, 0.2) is 0 Å². The van der Waals surface area contributed by atoms with E-state index >= 15 is 0 Å². The summed E-state index contributed by atoms with van der Waals surface area (Å²) in [6, 6.07) is 68.1. The normalized spacial score (nSPS) is 10.9. The topological polar surface area (TPSA) is 163 Å². The molecule has 0 aromatic heterocycles. The molecule has 5 atom stereocenters. The van der Waals surface area contributed by atoms with Crippen molar-refractivity contribution in [2.75, 3.05) is 35.2 Å². The predicted octanol–water partition coefficient (Wildman–Crippen LogP) is 20.1. The summed E-state index contributed by atoms with van der Waals surface area (Å²) in [4.78, 5) is 20.4. The van der Waals surface area contributed by atoms with E-state index in [1.54, 1.807) is 47.4 Å². The molecule has 0 amide bonds. The van der Waals surface area contributed by atoms with Gasteiger partial charge >= 0.3 is 178 Å². The van der Waals surface area contributed by atoms with Crippen LogP contribution in [0.2, 0.25) is 0 Å². The number of nitrogens with zero attached hydrogens (tertiary/aromatic N) is 5. The molecule has 0 bridgehead atoms. The van der Waals surface area contributed by atoms with E-state index in [0.29, 0.717) is 71.7 Å². The number of rotatable bonds is 15. The predicted molar refractivity (Wildman–Crippen MR) is 479 cm³/mol. The molecule has 0 aliphatic carbocycles. The fourth-order valence-electron chi connectivity index (χ4n) is 9.63. The Morgan fingerprint density at radius 1 is 0.275 bits per heavy atom. The van der Waals surface area contributed by atoms with Gasteiger partial charge in [-0.05, 0) is 147 Å². The van der Waals surface area contributed by atoms with Crippen molar-refractivity contribution in [3.63, 3.8) is 0 Å². The van der Waals surface area contributed by atoms with Crippen LogP contribution in [0, 0.1) is 34.6 Å². The second-order valence-corrected chi connectivity index (χ2v) is 42.8. The first kappa shape index (κ1) is 105. The number of phenolic OH excluding ortho intramolecular Hbond substituents is 5. The van der Waals surface area contributed by atoms with E-state index in [-0.39, 0.29) is 5.41 Å². The summed E-state index contributed by atoms with van der Waals surface area (Å²) in [6.07, 6.45) is 9.30. The van der Waals surface area contributed by atoms with Gasteiger partial charge in [-0.3, -0.25) is 25.0 Å². The van der Waals surface area contributed by atoms with Crippen LogP contribution in [0.4, 0.5) is 0 Å². The molecule has 10 rings (SSSR count). The molecule has 0 saturated heterocycles. The second-order valence-electron chi connectivity index (χ2n) is 23.3. The van der Waals surface area contributed by atoms with Crippen molar-refractivity contribution >= 4 is 220 Å². The minimum absolute atomic E-state index is 0.0697. The standard InChI is InChI=1S/C19H24NOP.C16H18NOP.2C15H16NOP.C14H14NOP.10ClH.5Ti/c1-13-10-15(19(2,3)4)18(21)17(11-13)22-16-9-7-6-8-14(16)12-20-5;1-11-8-12(2)16(18)15(9-11)19-14-7-5-4-6-13(14)10-17-3;1-11-6-5-9-14(15(11)17)18-13-8-4-3-7-12(13)10-16-2;1-11-7-8-13(17)15(9-11)18-14-6-4-3-5-12(14)10-16-2;1-15-10-11-6-2-4-8-13(11)17-14-9-5-3-7-12(14)16;;;;;;;;;;;;;;;/h6-12,21-22H,1-5H3;4-10,18-19H,1-3H3;2*3-10,17-18H,1-2H3;2-10,16-17H,1H3;10*1H;;;;;/q;;;;;;;;;;;;;;;5*+2/p-10. The van der Waals surface area contributed by atoms with E-state index in [4.69, 9.17) is 93.0 Å². The first-order chi connectivity index (χ1) is 52.2. The number of aliphatic imine (C=N–C) groups is 5. The monoisotopic (exact) mass is 1930 g/mol. The van der Waals surface area contributed by atoms with Crippen LogP contribution in [0.3, 0.4) is 0 Å². The van der Waals surface area contributed by atoms with Crippen molar-refractivity contribution in [2.24, 2.45) is 25.0 Å². The van der Waals surface area contributed by atoms with Gasteiger partial charge in [0.05, 0.1) is 0 Å². The maximum atomic E-state index is 10.7. The van der Waals surface area contributed by atoms with Gasteiger partial charge < -0.3 is 25.5 Å². The Morgan fingerprint density at radius 3 is 0.890 bits per heavy atom. The molecule has 109 heavy (non-hydrogen) atoms. The zero-order chi connectivity index (χ0) is 81.7. The van der Waals surface area contributed by atoms with E-state index in [9.17, 15) is 25.5 Å². The van der Waals surface area contributed by atoms with Crippen molar-refractivity contribution < 1.29 is 111 Å². The van der Waals surface area contributed by atoms with Crippen molar-refractivity contribution in [2.45, 2.75) is 60.8 Å². The Kier molecular flexibility index (Phi) is 61.1. The van der Waals surface area contributed by atoms with E-state index < -0.39 is 85.2 Å². The molecule has 574 valence electrons. The number of aromatic hydroxyl groups is 5. The molecule has 5 N–H and O–H groups in total. The Morgan fingerprint density at radius 2 is 0.541 bits per heavy atom. The molecule has 0 saturated carbocycles. The van der Waals surface area contributed by atoms with Crippen molar-refractivity contribution in [3.8, 4) is 28.7 Å². The summed E-state index contributed by atoms with van der Waals surface area (Å²) in [5.74, 6) is 1.96. The Bertz CT molecular complexity index is 4380. The number of para-hydroxylation sites is 2. The molecule has 0 spiro atoms. The van der Waals surface area contributed by atoms with Gasteiger partial charge in [-0.1, -0.05) is 245 Å². The van der Waals surface area contributed by atoms with Crippen LogP contribution < -0.4 is 53.0 Å². The number of halogens is 10. The zero-order valence-corrected chi connectivity index (χ0v) is 82.6. The number of phenols is 5. The van der Waals surface area contributed by atoms with Gasteiger partial charge in [-0.15, -0.1) is 0 Å². The SMILES string of the molecule is CN=Cc1ccccc1Pc1cc(C)cc(C(C)(C)C)c1O.CN=Cc1ccccc1Pc1cc(C)cc(C)c1O.CN=Cc1ccccc1Pc1cc(C)ccc1O.CN=Cc1ccccc1Pc1cccc(C)c1O.CN=Cc1ccccc1Pc1ccccc1O.[Cl][Ti][Cl].[Cl][Ti][Cl].[Cl][Ti][Cl].[Cl][Ti][Cl].[Cl][Ti][Cl]. The summed E-state index contributed by atoms with van der Waals surface area (Å²) < 4.78 is 0. The van der Waals surface area contributed by atoms with Gasteiger partial charge in [0, 0.05) is 98.4 Å². The Labute approximate surface area is 738 Å². The number of hydrogen-bond donors (Lipinski definition) is 5.